The predicted molar refractivity (Wildman–Crippen MR) is 89.8 cm³/mol. The Balaban J connectivity index is 3.14. The molecule has 0 unspecified atom stereocenters. The average molecular weight is 323 g/mol. The number of allylic oxidation sites excluding steroid dienone is 4. The molecular weight excluding hydrogens is 302 g/mol. The SMILES string of the molecule is C=C/C(=C\C=C(C)C)S(=O)(=O)Nc1ccc(OC)c(OC)c1. The van der Waals surface area contributed by atoms with E-state index in [9.17, 15) is 8.42 Å². The minimum Gasteiger partial charge on any atom is -0.493 e. The molecule has 6 heteroatoms. The number of hydrogen-bond donors (Lipinski definition) is 1. The summed E-state index contributed by atoms with van der Waals surface area (Å²) in [7, 11) is -0.714. The third-order valence-corrected chi connectivity index (χ3v) is 4.16. The molecule has 0 heterocycles. The number of anilines is 1. The van der Waals surface area contributed by atoms with Crippen molar-refractivity contribution in [3.8, 4) is 11.5 Å². The Hall–Kier alpha value is -2.21. The normalized spacial score (nSPS) is 11.5. The molecule has 0 aromatic heterocycles. The summed E-state index contributed by atoms with van der Waals surface area (Å²) in [5.74, 6) is 0.964. The van der Waals surface area contributed by atoms with Gasteiger partial charge in [0.2, 0.25) is 0 Å². The Morgan fingerprint density at radius 2 is 1.77 bits per heavy atom. The minimum atomic E-state index is -3.71. The molecule has 0 spiro atoms. The van der Waals surface area contributed by atoms with Gasteiger partial charge in [0, 0.05) is 6.07 Å². The maximum Gasteiger partial charge on any atom is 0.261 e. The standard InChI is InChI=1S/C16H21NO4S/c1-6-14(9-7-12(2)3)22(18,19)17-13-8-10-15(20-4)16(11-13)21-5/h6-11,17H,1H2,2-5H3/b14-9+. The molecule has 0 saturated heterocycles. The average Bonchev–Trinajstić information content (AvgIpc) is 2.46. The van der Waals surface area contributed by atoms with Crippen molar-refractivity contribution in [3.63, 3.8) is 0 Å². The Labute approximate surface area is 132 Å². The number of sulfonamides is 1. The monoisotopic (exact) mass is 323 g/mol. The van der Waals surface area contributed by atoms with Crippen LogP contribution >= 0.6 is 0 Å². The van der Waals surface area contributed by atoms with Crippen LogP contribution in [-0.4, -0.2) is 22.6 Å². The van der Waals surface area contributed by atoms with Gasteiger partial charge in [0.15, 0.2) is 11.5 Å². The van der Waals surface area contributed by atoms with E-state index in [4.69, 9.17) is 9.47 Å². The van der Waals surface area contributed by atoms with Crippen LogP contribution in [0.5, 0.6) is 11.5 Å². The lowest BCUT2D eigenvalue weighted by Crippen LogP contribution is -2.14. The van der Waals surface area contributed by atoms with E-state index >= 15 is 0 Å². The molecule has 1 aromatic rings. The topological polar surface area (TPSA) is 64.6 Å². The van der Waals surface area contributed by atoms with Crippen LogP contribution in [0.15, 0.2) is 53.5 Å². The fraction of sp³-hybridized carbons (Fsp3) is 0.250. The first-order chi connectivity index (χ1) is 10.3. The third-order valence-electron chi connectivity index (χ3n) is 2.73. The van der Waals surface area contributed by atoms with Crippen LogP contribution in [0.2, 0.25) is 0 Å². The zero-order valence-corrected chi connectivity index (χ0v) is 14.0. The largest absolute Gasteiger partial charge is 0.493 e. The van der Waals surface area contributed by atoms with Crippen LogP contribution in [0, 0.1) is 0 Å². The second kappa shape index (κ2) is 7.70. The van der Waals surface area contributed by atoms with E-state index in [0.717, 1.165) is 5.57 Å². The number of hydrogen-bond acceptors (Lipinski definition) is 4. The summed E-state index contributed by atoms with van der Waals surface area (Å²) in [5, 5.41) is 0. The highest BCUT2D eigenvalue weighted by Crippen LogP contribution is 2.30. The van der Waals surface area contributed by atoms with Gasteiger partial charge in [0.1, 0.15) is 0 Å². The summed E-state index contributed by atoms with van der Waals surface area (Å²) in [4.78, 5) is 0.0866. The van der Waals surface area contributed by atoms with Crippen molar-refractivity contribution in [1.82, 2.24) is 0 Å². The van der Waals surface area contributed by atoms with Crippen molar-refractivity contribution in [3.05, 3.63) is 53.5 Å². The van der Waals surface area contributed by atoms with E-state index in [2.05, 4.69) is 11.3 Å². The summed E-state index contributed by atoms with van der Waals surface area (Å²) in [6, 6.07) is 4.78. The van der Waals surface area contributed by atoms with Crippen molar-refractivity contribution in [1.29, 1.82) is 0 Å². The van der Waals surface area contributed by atoms with Crippen molar-refractivity contribution in [2.24, 2.45) is 0 Å². The van der Waals surface area contributed by atoms with E-state index in [0.29, 0.717) is 17.2 Å². The van der Waals surface area contributed by atoms with Gasteiger partial charge in [-0.2, -0.15) is 0 Å². The molecule has 5 nitrogen and oxygen atoms in total. The molecule has 22 heavy (non-hydrogen) atoms. The van der Waals surface area contributed by atoms with Gasteiger partial charge in [0.25, 0.3) is 10.0 Å². The molecule has 0 fully saturated rings. The first kappa shape index (κ1) is 17.8. The molecule has 1 rings (SSSR count). The van der Waals surface area contributed by atoms with Crippen LogP contribution < -0.4 is 14.2 Å². The van der Waals surface area contributed by atoms with Crippen molar-refractivity contribution >= 4 is 15.7 Å². The van der Waals surface area contributed by atoms with Gasteiger partial charge < -0.3 is 9.47 Å². The maximum absolute atomic E-state index is 12.3. The molecule has 0 aliphatic heterocycles. The fourth-order valence-electron chi connectivity index (χ4n) is 1.63. The molecule has 0 amide bonds. The lowest BCUT2D eigenvalue weighted by Gasteiger charge is -2.12. The van der Waals surface area contributed by atoms with E-state index in [1.807, 2.05) is 13.8 Å². The van der Waals surface area contributed by atoms with Gasteiger partial charge in [-0.25, -0.2) is 8.42 Å². The van der Waals surface area contributed by atoms with Crippen LogP contribution in [0.1, 0.15) is 13.8 Å². The molecule has 0 radical (unpaired) electrons. The summed E-state index contributed by atoms with van der Waals surface area (Å²) < 4.78 is 37.4. The van der Waals surface area contributed by atoms with Gasteiger partial charge in [0.05, 0.1) is 24.8 Å². The Morgan fingerprint density at radius 1 is 1.14 bits per heavy atom. The van der Waals surface area contributed by atoms with Crippen LogP contribution in [-0.2, 0) is 10.0 Å². The molecule has 0 atom stereocenters. The molecule has 0 aliphatic rings. The first-order valence-electron chi connectivity index (χ1n) is 6.56. The van der Waals surface area contributed by atoms with E-state index < -0.39 is 10.0 Å². The van der Waals surface area contributed by atoms with Gasteiger partial charge in [-0.1, -0.05) is 18.2 Å². The number of rotatable bonds is 7. The zero-order valence-electron chi connectivity index (χ0n) is 13.2. The molecule has 0 aliphatic carbocycles. The lowest BCUT2D eigenvalue weighted by atomic mass is 10.3. The number of nitrogens with one attached hydrogen (secondary N) is 1. The summed E-state index contributed by atoms with van der Waals surface area (Å²) in [5.41, 5.74) is 1.36. The van der Waals surface area contributed by atoms with Crippen molar-refractivity contribution in [2.45, 2.75) is 13.8 Å². The number of methoxy groups -OCH3 is 2. The van der Waals surface area contributed by atoms with E-state index in [1.54, 1.807) is 24.3 Å². The highest BCUT2D eigenvalue weighted by atomic mass is 32.2. The third kappa shape index (κ3) is 4.66. The van der Waals surface area contributed by atoms with Crippen LogP contribution in [0.4, 0.5) is 5.69 Å². The summed E-state index contributed by atoms with van der Waals surface area (Å²) >= 11 is 0. The van der Waals surface area contributed by atoms with Gasteiger partial charge in [-0.05, 0) is 38.1 Å². The molecule has 0 bridgehead atoms. The highest BCUT2D eigenvalue weighted by molar-refractivity contribution is 7.96. The van der Waals surface area contributed by atoms with Gasteiger partial charge >= 0.3 is 0 Å². The second-order valence-electron chi connectivity index (χ2n) is 4.69. The first-order valence-corrected chi connectivity index (χ1v) is 8.05. The second-order valence-corrected chi connectivity index (χ2v) is 6.37. The van der Waals surface area contributed by atoms with Crippen LogP contribution in [0.25, 0.3) is 0 Å². The predicted octanol–water partition coefficient (Wildman–Crippen LogP) is 3.48. The lowest BCUT2D eigenvalue weighted by molar-refractivity contribution is 0.355. The maximum atomic E-state index is 12.3. The van der Waals surface area contributed by atoms with E-state index in [1.165, 1.54) is 26.4 Å². The fourth-order valence-corrected chi connectivity index (χ4v) is 2.65. The van der Waals surface area contributed by atoms with Gasteiger partial charge in [-0.15, -0.1) is 0 Å². The van der Waals surface area contributed by atoms with Crippen molar-refractivity contribution in [2.75, 3.05) is 18.9 Å². The summed E-state index contributed by atoms with van der Waals surface area (Å²) in [6.07, 6.45) is 4.51. The number of benzene rings is 1. The highest BCUT2D eigenvalue weighted by Gasteiger charge is 2.15. The molecular formula is C16H21NO4S. The molecule has 120 valence electrons. The van der Waals surface area contributed by atoms with E-state index in [-0.39, 0.29) is 4.91 Å². The minimum absolute atomic E-state index is 0.0866. The smallest absolute Gasteiger partial charge is 0.261 e. The van der Waals surface area contributed by atoms with Gasteiger partial charge in [-0.3, -0.25) is 4.72 Å². The Kier molecular flexibility index (Phi) is 6.24. The van der Waals surface area contributed by atoms with Crippen molar-refractivity contribution < 1.29 is 17.9 Å². The Bertz CT molecular complexity index is 699. The number of ether oxygens (including phenoxy) is 2. The molecule has 0 saturated carbocycles. The quantitative estimate of drug-likeness (QED) is 0.780. The zero-order chi connectivity index (χ0) is 16.8. The Morgan fingerprint density at radius 3 is 2.27 bits per heavy atom. The van der Waals surface area contributed by atoms with Crippen LogP contribution in [0.3, 0.4) is 0 Å². The molecule has 1 N–H and O–H groups in total. The molecule has 1 aromatic carbocycles. The summed E-state index contributed by atoms with van der Waals surface area (Å²) in [6.45, 7) is 7.31.